The topological polar surface area (TPSA) is 29.3 Å². The van der Waals surface area contributed by atoms with Crippen molar-refractivity contribution >= 4 is 0 Å². The molecule has 2 nitrogen and oxygen atoms in total. The Balaban J connectivity index is 2.48. The molecule has 0 aromatic rings. The molecule has 1 aliphatic rings. The van der Waals surface area contributed by atoms with Crippen LogP contribution in [-0.4, -0.2) is 31.1 Å². The van der Waals surface area contributed by atoms with E-state index in [0.29, 0.717) is 16.7 Å². The summed E-state index contributed by atoms with van der Waals surface area (Å²) in [5.41, 5.74) is 6.96. The van der Waals surface area contributed by atoms with Gasteiger partial charge in [-0.15, -0.1) is 0 Å². The number of hydrogen-bond acceptors (Lipinski definition) is 2. The van der Waals surface area contributed by atoms with Gasteiger partial charge in [-0.05, 0) is 55.5 Å². The summed E-state index contributed by atoms with van der Waals surface area (Å²) < 4.78 is 0. The molecule has 1 heterocycles. The smallest absolute Gasteiger partial charge is 0.00384 e. The Morgan fingerprint density at radius 3 is 2.22 bits per heavy atom. The summed E-state index contributed by atoms with van der Waals surface area (Å²) in [4.78, 5) is 2.66. The molecule has 108 valence electrons. The van der Waals surface area contributed by atoms with Crippen LogP contribution in [-0.2, 0) is 0 Å². The standard InChI is InChI=1S/C16H34N2/c1-6-16(7-2)8-9-18(13-16)12-14(11-17)10-15(3,4)5/h14H,6-13,17H2,1-5H3. The van der Waals surface area contributed by atoms with Gasteiger partial charge in [0.05, 0.1) is 0 Å². The zero-order valence-electron chi connectivity index (χ0n) is 13.3. The minimum Gasteiger partial charge on any atom is -0.330 e. The Morgan fingerprint density at radius 2 is 1.83 bits per heavy atom. The van der Waals surface area contributed by atoms with E-state index in [1.165, 1.54) is 45.3 Å². The first-order chi connectivity index (χ1) is 8.34. The molecule has 0 spiro atoms. The van der Waals surface area contributed by atoms with Crippen molar-refractivity contribution in [1.82, 2.24) is 4.90 Å². The lowest BCUT2D eigenvalue weighted by molar-refractivity contribution is 0.192. The van der Waals surface area contributed by atoms with Crippen LogP contribution in [0, 0.1) is 16.7 Å². The van der Waals surface area contributed by atoms with Gasteiger partial charge in [-0.1, -0.05) is 34.6 Å². The van der Waals surface area contributed by atoms with Gasteiger partial charge in [-0.25, -0.2) is 0 Å². The highest BCUT2D eigenvalue weighted by molar-refractivity contribution is 4.89. The van der Waals surface area contributed by atoms with Gasteiger partial charge in [0.15, 0.2) is 0 Å². The molecule has 1 saturated heterocycles. The lowest BCUT2D eigenvalue weighted by Gasteiger charge is -2.30. The number of likely N-dealkylation sites (tertiary alicyclic amines) is 1. The van der Waals surface area contributed by atoms with Gasteiger partial charge < -0.3 is 10.6 Å². The van der Waals surface area contributed by atoms with Crippen LogP contribution in [0.25, 0.3) is 0 Å². The maximum atomic E-state index is 5.96. The summed E-state index contributed by atoms with van der Waals surface area (Å²) in [6.07, 6.45) is 5.27. The minimum absolute atomic E-state index is 0.399. The summed E-state index contributed by atoms with van der Waals surface area (Å²) in [5.74, 6) is 0.662. The molecule has 0 aliphatic carbocycles. The third-order valence-corrected chi connectivity index (χ3v) is 4.77. The Hall–Kier alpha value is -0.0800. The van der Waals surface area contributed by atoms with Gasteiger partial charge in [0.2, 0.25) is 0 Å². The molecule has 0 aromatic carbocycles. The maximum Gasteiger partial charge on any atom is 0.00384 e. The van der Waals surface area contributed by atoms with E-state index in [0.717, 1.165) is 6.54 Å². The molecule has 1 unspecified atom stereocenters. The lowest BCUT2D eigenvalue weighted by atomic mass is 9.81. The largest absolute Gasteiger partial charge is 0.330 e. The van der Waals surface area contributed by atoms with E-state index in [2.05, 4.69) is 39.5 Å². The molecule has 0 amide bonds. The number of nitrogens with zero attached hydrogens (tertiary/aromatic N) is 1. The normalized spacial score (nSPS) is 22.3. The van der Waals surface area contributed by atoms with E-state index in [9.17, 15) is 0 Å². The average Bonchev–Trinajstić information content (AvgIpc) is 2.70. The molecule has 0 saturated carbocycles. The van der Waals surface area contributed by atoms with Crippen LogP contribution in [0.2, 0.25) is 0 Å². The summed E-state index contributed by atoms with van der Waals surface area (Å²) >= 11 is 0. The molecule has 1 fully saturated rings. The molecule has 2 heteroatoms. The van der Waals surface area contributed by atoms with Crippen molar-refractivity contribution < 1.29 is 0 Å². The Kier molecular flexibility index (Phi) is 5.67. The second-order valence-corrected chi connectivity index (χ2v) is 7.56. The van der Waals surface area contributed by atoms with Gasteiger partial charge in [0.1, 0.15) is 0 Å². The highest BCUT2D eigenvalue weighted by Crippen LogP contribution is 2.37. The second kappa shape index (κ2) is 6.38. The summed E-state index contributed by atoms with van der Waals surface area (Å²) in [6, 6.07) is 0. The van der Waals surface area contributed by atoms with Crippen molar-refractivity contribution in [2.24, 2.45) is 22.5 Å². The summed E-state index contributed by atoms with van der Waals surface area (Å²) in [6.45, 7) is 16.3. The first-order valence-corrected chi connectivity index (χ1v) is 7.76. The van der Waals surface area contributed by atoms with Crippen molar-refractivity contribution in [2.45, 2.75) is 60.3 Å². The van der Waals surface area contributed by atoms with E-state index in [1.807, 2.05) is 0 Å². The SMILES string of the molecule is CCC1(CC)CCN(CC(CN)CC(C)(C)C)C1. The Labute approximate surface area is 114 Å². The number of hydrogen-bond donors (Lipinski definition) is 1. The zero-order chi connectivity index (χ0) is 13.8. The van der Waals surface area contributed by atoms with Gasteiger partial charge in [-0.2, -0.15) is 0 Å². The molecular weight excluding hydrogens is 220 g/mol. The average molecular weight is 254 g/mol. The van der Waals surface area contributed by atoms with Gasteiger partial charge in [-0.3, -0.25) is 0 Å². The van der Waals surface area contributed by atoms with E-state index in [4.69, 9.17) is 5.73 Å². The first-order valence-electron chi connectivity index (χ1n) is 7.76. The van der Waals surface area contributed by atoms with Crippen LogP contribution in [0.15, 0.2) is 0 Å². The van der Waals surface area contributed by atoms with Crippen molar-refractivity contribution in [2.75, 3.05) is 26.2 Å². The molecular formula is C16H34N2. The van der Waals surface area contributed by atoms with Crippen molar-refractivity contribution in [3.05, 3.63) is 0 Å². The van der Waals surface area contributed by atoms with Gasteiger partial charge in [0.25, 0.3) is 0 Å². The summed E-state index contributed by atoms with van der Waals surface area (Å²) in [5, 5.41) is 0. The van der Waals surface area contributed by atoms with Crippen molar-refractivity contribution in [3.63, 3.8) is 0 Å². The molecule has 1 aliphatic heterocycles. The third-order valence-electron chi connectivity index (χ3n) is 4.77. The van der Waals surface area contributed by atoms with Crippen molar-refractivity contribution in [3.8, 4) is 0 Å². The van der Waals surface area contributed by atoms with Crippen LogP contribution < -0.4 is 5.73 Å². The lowest BCUT2D eigenvalue weighted by Crippen LogP contribution is -2.35. The number of rotatable bonds is 6. The van der Waals surface area contributed by atoms with Crippen molar-refractivity contribution in [1.29, 1.82) is 0 Å². The zero-order valence-corrected chi connectivity index (χ0v) is 13.3. The molecule has 2 N–H and O–H groups in total. The first kappa shape index (κ1) is 16.0. The fourth-order valence-corrected chi connectivity index (χ4v) is 3.46. The monoisotopic (exact) mass is 254 g/mol. The van der Waals surface area contributed by atoms with Gasteiger partial charge in [0, 0.05) is 13.1 Å². The molecule has 0 aromatic heterocycles. The quantitative estimate of drug-likeness (QED) is 0.786. The second-order valence-electron chi connectivity index (χ2n) is 7.56. The fraction of sp³-hybridized carbons (Fsp3) is 1.00. The van der Waals surface area contributed by atoms with Crippen LogP contribution in [0.5, 0.6) is 0 Å². The van der Waals surface area contributed by atoms with Crippen LogP contribution in [0.4, 0.5) is 0 Å². The molecule has 18 heavy (non-hydrogen) atoms. The highest BCUT2D eigenvalue weighted by atomic mass is 15.2. The molecule has 1 rings (SSSR count). The fourth-order valence-electron chi connectivity index (χ4n) is 3.46. The highest BCUT2D eigenvalue weighted by Gasteiger charge is 2.35. The van der Waals surface area contributed by atoms with Crippen LogP contribution >= 0.6 is 0 Å². The molecule has 0 bridgehead atoms. The predicted octanol–water partition coefficient (Wildman–Crippen LogP) is 3.51. The Bertz CT molecular complexity index is 238. The minimum atomic E-state index is 0.399. The molecule has 0 radical (unpaired) electrons. The predicted molar refractivity (Wildman–Crippen MR) is 80.7 cm³/mol. The summed E-state index contributed by atoms with van der Waals surface area (Å²) in [7, 11) is 0. The maximum absolute atomic E-state index is 5.96. The van der Waals surface area contributed by atoms with E-state index >= 15 is 0 Å². The van der Waals surface area contributed by atoms with Gasteiger partial charge >= 0.3 is 0 Å². The van der Waals surface area contributed by atoms with Crippen LogP contribution in [0.3, 0.4) is 0 Å². The van der Waals surface area contributed by atoms with E-state index in [-0.39, 0.29) is 0 Å². The molecule has 1 atom stereocenters. The van der Waals surface area contributed by atoms with E-state index in [1.54, 1.807) is 0 Å². The third kappa shape index (κ3) is 4.55. The Morgan fingerprint density at radius 1 is 1.22 bits per heavy atom. The number of nitrogens with two attached hydrogens (primary N) is 1. The van der Waals surface area contributed by atoms with Crippen LogP contribution in [0.1, 0.15) is 60.3 Å². The van der Waals surface area contributed by atoms with E-state index < -0.39 is 0 Å².